The molecule has 1 saturated carbocycles. The molecule has 0 aromatic heterocycles. The van der Waals surface area contributed by atoms with Crippen LogP contribution in [0.1, 0.15) is 49.3 Å². The molecule has 0 amide bonds. The molecule has 0 heterocycles. The van der Waals surface area contributed by atoms with Gasteiger partial charge in [0, 0.05) is 10.5 Å². The minimum atomic E-state index is -0.375. The highest BCUT2D eigenvalue weighted by atomic mass is 79.9. The lowest BCUT2D eigenvalue weighted by atomic mass is 9.94. The molecule has 1 N–H and O–H groups in total. The number of hydrogen-bond donors (Lipinski definition) is 1. The lowest BCUT2D eigenvalue weighted by Gasteiger charge is -2.27. The van der Waals surface area contributed by atoms with Crippen LogP contribution in [-0.4, -0.2) is 19.1 Å². The van der Waals surface area contributed by atoms with Gasteiger partial charge in [0.1, 0.15) is 6.04 Å². The van der Waals surface area contributed by atoms with Gasteiger partial charge in [-0.25, -0.2) is 4.79 Å². The average molecular weight is 340 g/mol. The minimum absolute atomic E-state index is 0.216. The largest absolute Gasteiger partial charge is 0.468 e. The van der Waals surface area contributed by atoms with Gasteiger partial charge in [-0.3, -0.25) is 5.32 Å². The Bertz CT molecular complexity index is 470. The molecule has 2 rings (SSSR count). The molecule has 0 radical (unpaired) electrons. The van der Waals surface area contributed by atoms with E-state index in [0.717, 1.165) is 28.4 Å². The fourth-order valence-corrected chi connectivity index (χ4v) is 3.11. The van der Waals surface area contributed by atoms with Crippen molar-refractivity contribution >= 4 is 21.9 Å². The summed E-state index contributed by atoms with van der Waals surface area (Å²) in [6.45, 7) is 2.04. The van der Waals surface area contributed by atoms with Gasteiger partial charge < -0.3 is 4.74 Å². The molecule has 3 nitrogen and oxygen atoms in total. The molecule has 1 unspecified atom stereocenters. The predicted molar refractivity (Wildman–Crippen MR) is 83.6 cm³/mol. The Morgan fingerprint density at radius 2 is 2.05 bits per heavy atom. The number of methoxy groups -OCH3 is 1. The van der Waals surface area contributed by atoms with Gasteiger partial charge in [0.15, 0.2) is 0 Å². The average Bonchev–Trinajstić information content (AvgIpc) is 2.48. The van der Waals surface area contributed by atoms with Crippen LogP contribution < -0.4 is 5.32 Å². The van der Waals surface area contributed by atoms with Crippen LogP contribution in [0.25, 0.3) is 0 Å². The van der Waals surface area contributed by atoms with E-state index in [-0.39, 0.29) is 12.0 Å². The summed E-state index contributed by atoms with van der Waals surface area (Å²) in [6, 6.07) is 6.07. The third-order valence-electron chi connectivity index (χ3n) is 3.97. The fourth-order valence-electron chi connectivity index (χ4n) is 2.71. The number of rotatable bonds is 4. The van der Waals surface area contributed by atoms with E-state index in [4.69, 9.17) is 4.74 Å². The van der Waals surface area contributed by atoms with Crippen molar-refractivity contribution in [3.8, 4) is 0 Å². The summed E-state index contributed by atoms with van der Waals surface area (Å²) in [5.41, 5.74) is 2.12. The van der Waals surface area contributed by atoms with Crippen molar-refractivity contribution in [1.82, 2.24) is 5.32 Å². The van der Waals surface area contributed by atoms with E-state index >= 15 is 0 Å². The van der Waals surface area contributed by atoms with Gasteiger partial charge in [-0.15, -0.1) is 0 Å². The Morgan fingerprint density at radius 3 is 2.65 bits per heavy atom. The predicted octanol–water partition coefficient (Wildman–Crippen LogP) is 3.89. The van der Waals surface area contributed by atoms with Gasteiger partial charge in [0.05, 0.1) is 7.11 Å². The van der Waals surface area contributed by atoms with Crippen molar-refractivity contribution in [2.45, 2.75) is 51.1 Å². The maximum absolute atomic E-state index is 12.1. The van der Waals surface area contributed by atoms with Crippen LogP contribution in [-0.2, 0) is 9.53 Å². The summed E-state index contributed by atoms with van der Waals surface area (Å²) in [5.74, 6) is -0.216. The Balaban J connectivity index is 2.17. The lowest BCUT2D eigenvalue weighted by Crippen LogP contribution is -2.38. The van der Waals surface area contributed by atoms with Crippen LogP contribution in [0.15, 0.2) is 22.7 Å². The van der Waals surface area contributed by atoms with Crippen LogP contribution in [0.2, 0.25) is 0 Å². The second-order valence-electron chi connectivity index (χ2n) is 5.47. The Hall–Kier alpha value is -0.870. The number of esters is 1. The third-order valence-corrected chi connectivity index (χ3v) is 4.83. The molecule has 0 saturated heterocycles. The van der Waals surface area contributed by atoms with E-state index in [1.807, 2.05) is 25.1 Å². The van der Waals surface area contributed by atoms with Crippen LogP contribution >= 0.6 is 15.9 Å². The molecule has 1 aliphatic rings. The number of nitrogens with one attached hydrogen (secondary N) is 1. The van der Waals surface area contributed by atoms with E-state index in [1.54, 1.807) is 0 Å². The zero-order chi connectivity index (χ0) is 14.5. The first kappa shape index (κ1) is 15.5. The topological polar surface area (TPSA) is 38.3 Å². The van der Waals surface area contributed by atoms with Crippen LogP contribution in [0.3, 0.4) is 0 Å². The zero-order valence-corrected chi connectivity index (χ0v) is 13.7. The molecule has 20 heavy (non-hydrogen) atoms. The minimum Gasteiger partial charge on any atom is -0.468 e. The molecule has 1 fully saturated rings. The van der Waals surface area contributed by atoms with Gasteiger partial charge >= 0.3 is 5.97 Å². The molecule has 0 aliphatic heterocycles. The molecule has 110 valence electrons. The van der Waals surface area contributed by atoms with Crippen molar-refractivity contribution in [2.75, 3.05) is 7.11 Å². The highest BCUT2D eigenvalue weighted by molar-refractivity contribution is 9.10. The van der Waals surface area contributed by atoms with Crippen molar-refractivity contribution in [1.29, 1.82) is 0 Å². The lowest BCUT2D eigenvalue weighted by molar-refractivity contribution is -0.143. The molecular formula is C16H22BrNO2. The van der Waals surface area contributed by atoms with E-state index in [0.29, 0.717) is 6.04 Å². The second kappa shape index (κ2) is 7.23. The number of hydrogen-bond acceptors (Lipinski definition) is 3. The zero-order valence-electron chi connectivity index (χ0n) is 12.1. The molecule has 0 spiro atoms. The third kappa shape index (κ3) is 3.83. The molecule has 1 aliphatic carbocycles. The Labute approximate surface area is 129 Å². The number of benzene rings is 1. The van der Waals surface area contributed by atoms with Gasteiger partial charge in [-0.2, -0.15) is 0 Å². The monoisotopic (exact) mass is 339 g/mol. The first-order chi connectivity index (χ1) is 9.61. The fraction of sp³-hybridized carbons (Fsp3) is 0.562. The highest BCUT2D eigenvalue weighted by Crippen LogP contribution is 2.25. The molecule has 1 aromatic rings. The SMILES string of the molecule is COC(=O)C(NC1CCCCC1)c1ccc(C)c(Br)c1. The number of aryl methyl sites for hydroxylation is 1. The highest BCUT2D eigenvalue weighted by Gasteiger charge is 2.25. The maximum atomic E-state index is 12.1. The standard InChI is InChI=1S/C16H22BrNO2/c1-11-8-9-12(10-14(11)17)15(16(19)20-2)18-13-6-4-3-5-7-13/h8-10,13,15,18H,3-7H2,1-2H3. The van der Waals surface area contributed by atoms with Crippen molar-refractivity contribution in [3.63, 3.8) is 0 Å². The Kier molecular flexibility index (Phi) is 5.61. The molecule has 1 atom stereocenters. The summed E-state index contributed by atoms with van der Waals surface area (Å²) >= 11 is 3.53. The van der Waals surface area contributed by atoms with Gasteiger partial charge in [0.25, 0.3) is 0 Å². The molecule has 0 bridgehead atoms. The number of carbonyl (C=O) groups excluding carboxylic acids is 1. The first-order valence-electron chi connectivity index (χ1n) is 7.21. The smallest absolute Gasteiger partial charge is 0.327 e. The summed E-state index contributed by atoms with van der Waals surface area (Å²) in [5, 5.41) is 3.47. The maximum Gasteiger partial charge on any atom is 0.327 e. The quantitative estimate of drug-likeness (QED) is 0.845. The summed E-state index contributed by atoms with van der Waals surface area (Å²) in [4.78, 5) is 12.1. The number of ether oxygens (including phenoxy) is 1. The van der Waals surface area contributed by atoms with Gasteiger partial charge in [-0.1, -0.05) is 47.3 Å². The van der Waals surface area contributed by atoms with Crippen LogP contribution in [0, 0.1) is 6.92 Å². The normalized spacial score (nSPS) is 17.8. The van der Waals surface area contributed by atoms with E-state index in [1.165, 1.54) is 26.4 Å². The number of carbonyl (C=O) groups is 1. The van der Waals surface area contributed by atoms with Crippen LogP contribution in [0.5, 0.6) is 0 Å². The van der Waals surface area contributed by atoms with Crippen molar-refractivity contribution in [3.05, 3.63) is 33.8 Å². The van der Waals surface area contributed by atoms with Gasteiger partial charge in [0.2, 0.25) is 0 Å². The molecule has 1 aromatic carbocycles. The summed E-state index contributed by atoms with van der Waals surface area (Å²) in [6.07, 6.45) is 6.06. The molecular weight excluding hydrogens is 318 g/mol. The van der Waals surface area contributed by atoms with E-state index < -0.39 is 0 Å². The Morgan fingerprint density at radius 1 is 1.35 bits per heavy atom. The van der Waals surface area contributed by atoms with E-state index in [9.17, 15) is 4.79 Å². The van der Waals surface area contributed by atoms with Gasteiger partial charge in [-0.05, 0) is 37.0 Å². The van der Waals surface area contributed by atoms with Crippen molar-refractivity contribution < 1.29 is 9.53 Å². The van der Waals surface area contributed by atoms with Crippen LogP contribution in [0.4, 0.5) is 0 Å². The number of halogens is 1. The second-order valence-corrected chi connectivity index (χ2v) is 6.32. The first-order valence-corrected chi connectivity index (χ1v) is 8.01. The summed E-state index contributed by atoms with van der Waals surface area (Å²) < 4.78 is 5.98. The summed E-state index contributed by atoms with van der Waals surface area (Å²) in [7, 11) is 1.45. The van der Waals surface area contributed by atoms with E-state index in [2.05, 4.69) is 21.2 Å². The molecule has 4 heteroatoms. The van der Waals surface area contributed by atoms with Crippen molar-refractivity contribution in [2.24, 2.45) is 0 Å².